The molecule has 8 heteroatoms. The highest BCUT2D eigenvalue weighted by Gasteiger charge is 2.17. The summed E-state index contributed by atoms with van der Waals surface area (Å²) in [4.78, 5) is 14.1. The Hall–Kier alpha value is -2.48. The van der Waals surface area contributed by atoms with Gasteiger partial charge in [-0.05, 0) is 36.2 Å². The zero-order valence-corrected chi connectivity index (χ0v) is 15.9. The minimum atomic E-state index is -3.70. The summed E-state index contributed by atoms with van der Waals surface area (Å²) in [6.45, 7) is 2.57. The van der Waals surface area contributed by atoms with Gasteiger partial charge in [0.2, 0.25) is 5.91 Å². The van der Waals surface area contributed by atoms with Crippen LogP contribution in [0.4, 0.5) is 0 Å². The summed E-state index contributed by atoms with van der Waals surface area (Å²) < 4.78 is 38.4. The lowest BCUT2D eigenvalue weighted by molar-refractivity contribution is -0.132. The third-order valence-electron chi connectivity index (χ3n) is 3.59. The van der Waals surface area contributed by atoms with E-state index in [0.717, 1.165) is 18.2 Å². The molecule has 0 fully saturated rings. The standard InChI is InChI=1S/C18H23NO6S/c1-4-6-18(20)19(13-15-7-5-10-24-15)12-14-8-9-16(23-2)17(11-14)25-26(3,21)22/h5,7-11H,4,6,12-13H2,1-3H3. The predicted octanol–water partition coefficient (Wildman–Crippen LogP) is 2.96. The highest BCUT2D eigenvalue weighted by molar-refractivity contribution is 7.86. The van der Waals surface area contributed by atoms with Crippen molar-refractivity contribution in [1.82, 2.24) is 4.90 Å². The Balaban J connectivity index is 2.26. The van der Waals surface area contributed by atoms with Gasteiger partial charge in [-0.1, -0.05) is 13.0 Å². The normalized spacial score (nSPS) is 11.2. The van der Waals surface area contributed by atoms with E-state index in [1.165, 1.54) is 7.11 Å². The van der Waals surface area contributed by atoms with Crippen LogP contribution < -0.4 is 8.92 Å². The Bertz CT molecular complexity index is 829. The number of hydrogen-bond acceptors (Lipinski definition) is 6. The number of methoxy groups -OCH3 is 1. The Kier molecular flexibility index (Phi) is 6.68. The first-order valence-electron chi connectivity index (χ1n) is 8.19. The molecule has 1 aromatic carbocycles. The van der Waals surface area contributed by atoms with Gasteiger partial charge in [-0.2, -0.15) is 8.42 Å². The first kappa shape index (κ1) is 19.8. The van der Waals surface area contributed by atoms with Crippen LogP contribution in [0.5, 0.6) is 11.5 Å². The topological polar surface area (TPSA) is 86.0 Å². The van der Waals surface area contributed by atoms with Gasteiger partial charge in [0.15, 0.2) is 11.5 Å². The lowest BCUT2D eigenvalue weighted by atomic mass is 10.1. The first-order valence-corrected chi connectivity index (χ1v) is 10.0. The maximum atomic E-state index is 12.4. The van der Waals surface area contributed by atoms with Crippen LogP contribution in [-0.4, -0.2) is 32.6 Å². The second-order valence-corrected chi connectivity index (χ2v) is 7.43. The summed E-state index contributed by atoms with van der Waals surface area (Å²) in [5.74, 6) is 1.06. The second kappa shape index (κ2) is 8.75. The minimum absolute atomic E-state index is 0.00898. The van der Waals surface area contributed by atoms with Gasteiger partial charge in [0.05, 0.1) is 26.2 Å². The molecule has 1 amide bonds. The molecule has 0 atom stereocenters. The molecule has 0 spiro atoms. The van der Waals surface area contributed by atoms with Gasteiger partial charge in [-0.3, -0.25) is 4.79 Å². The summed E-state index contributed by atoms with van der Waals surface area (Å²) in [6, 6.07) is 8.52. The number of benzene rings is 1. The molecule has 0 saturated heterocycles. The second-order valence-electron chi connectivity index (χ2n) is 5.85. The van der Waals surface area contributed by atoms with E-state index in [2.05, 4.69) is 0 Å². The summed E-state index contributed by atoms with van der Waals surface area (Å²) in [6.07, 6.45) is 3.68. The molecule has 0 N–H and O–H groups in total. The summed E-state index contributed by atoms with van der Waals surface area (Å²) in [7, 11) is -2.27. The van der Waals surface area contributed by atoms with Crippen molar-refractivity contribution in [1.29, 1.82) is 0 Å². The molecule has 2 aromatic rings. The molecular weight excluding hydrogens is 358 g/mol. The smallest absolute Gasteiger partial charge is 0.306 e. The van der Waals surface area contributed by atoms with Crippen molar-refractivity contribution in [3.8, 4) is 11.5 Å². The van der Waals surface area contributed by atoms with Crippen molar-refractivity contribution >= 4 is 16.0 Å². The molecule has 0 bridgehead atoms. The molecule has 2 rings (SSSR count). The zero-order chi connectivity index (χ0) is 19.2. The Labute approximate surface area is 153 Å². The van der Waals surface area contributed by atoms with Crippen molar-refractivity contribution in [2.75, 3.05) is 13.4 Å². The number of nitrogens with zero attached hydrogens (tertiary/aromatic N) is 1. The van der Waals surface area contributed by atoms with E-state index in [-0.39, 0.29) is 11.7 Å². The van der Waals surface area contributed by atoms with E-state index in [4.69, 9.17) is 13.3 Å². The number of hydrogen-bond donors (Lipinski definition) is 0. The predicted molar refractivity (Wildman–Crippen MR) is 96.3 cm³/mol. The molecule has 0 aliphatic carbocycles. The van der Waals surface area contributed by atoms with E-state index in [1.54, 1.807) is 41.5 Å². The number of carbonyl (C=O) groups is 1. The molecule has 26 heavy (non-hydrogen) atoms. The van der Waals surface area contributed by atoms with Crippen LogP contribution in [-0.2, 0) is 28.0 Å². The molecule has 1 heterocycles. The van der Waals surface area contributed by atoms with Crippen molar-refractivity contribution in [2.24, 2.45) is 0 Å². The summed E-state index contributed by atoms with van der Waals surface area (Å²) >= 11 is 0. The van der Waals surface area contributed by atoms with Crippen LogP contribution in [0.3, 0.4) is 0 Å². The lowest BCUT2D eigenvalue weighted by Gasteiger charge is -2.22. The molecule has 1 aromatic heterocycles. The average molecular weight is 381 g/mol. The van der Waals surface area contributed by atoms with Gasteiger partial charge in [0.25, 0.3) is 0 Å². The van der Waals surface area contributed by atoms with Gasteiger partial charge >= 0.3 is 10.1 Å². The quantitative estimate of drug-likeness (QED) is 0.621. The summed E-state index contributed by atoms with van der Waals surface area (Å²) in [5, 5.41) is 0. The molecule has 142 valence electrons. The molecular formula is C18H23NO6S. The maximum absolute atomic E-state index is 12.4. The van der Waals surface area contributed by atoms with Gasteiger partial charge < -0.3 is 18.2 Å². The van der Waals surface area contributed by atoms with Crippen molar-refractivity contribution < 1.29 is 26.5 Å². The largest absolute Gasteiger partial charge is 0.493 e. The van der Waals surface area contributed by atoms with Gasteiger partial charge in [0, 0.05) is 13.0 Å². The SMILES string of the molecule is CCCC(=O)N(Cc1ccc(OC)c(OS(C)(=O)=O)c1)Cc1ccco1. The summed E-state index contributed by atoms with van der Waals surface area (Å²) in [5.41, 5.74) is 0.723. The molecule has 0 unspecified atom stereocenters. The Morgan fingerprint density at radius 3 is 2.54 bits per heavy atom. The van der Waals surface area contributed by atoms with Crippen LogP contribution in [0.25, 0.3) is 0 Å². The first-order chi connectivity index (χ1) is 12.3. The number of furan rings is 1. The van der Waals surface area contributed by atoms with Crippen LogP contribution in [0.1, 0.15) is 31.1 Å². The van der Waals surface area contributed by atoms with Crippen molar-refractivity contribution in [3.05, 3.63) is 47.9 Å². The fraction of sp³-hybridized carbons (Fsp3) is 0.389. The third kappa shape index (κ3) is 5.80. The minimum Gasteiger partial charge on any atom is -0.493 e. The van der Waals surface area contributed by atoms with E-state index in [0.29, 0.717) is 31.0 Å². The van der Waals surface area contributed by atoms with E-state index >= 15 is 0 Å². The molecule has 0 aliphatic heterocycles. The highest BCUT2D eigenvalue weighted by Crippen LogP contribution is 2.30. The zero-order valence-electron chi connectivity index (χ0n) is 15.1. The molecule has 0 aliphatic rings. The van der Waals surface area contributed by atoms with Crippen molar-refractivity contribution in [3.63, 3.8) is 0 Å². The molecule has 0 saturated carbocycles. The van der Waals surface area contributed by atoms with Gasteiger partial charge in [-0.15, -0.1) is 0 Å². The number of amides is 1. The highest BCUT2D eigenvalue weighted by atomic mass is 32.2. The number of ether oxygens (including phenoxy) is 1. The number of carbonyl (C=O) groups excluding carboxylic acids is 1. The average Bonchev–Trinajstić information content (AvgIpc) is 3.06. The van der Waals surface area contributed by atoms with Crippen LogP contribution in [0.2, 0.25) is 0 Å². The molecule has 0 radical (unpaired) electrons. The number of rotatable bonds is 9. The van der Waals surface area contributed by atoms with Crippen LogP contribution in [0.15, 0.2) is 41.0 Å². The Morgan fingerprint density at radius 2 is 1.96 bits per heavy atom. The Morgan fingerprint density at radius 1 is 1.19 bits per heavy atom. The van der Waals surface area contributed by atoms with Crippen molar-refractivity contribution in [2.45, 2.75) is 32.9 Å². The maximum Gasteiger partial charge on any atom is 0.306 e. The lowest BCUT2D eigenvalue weighted by Crippen LogP contribution is -2.29. The van der Waals surface area contributed by atoms with E-state index in [9.17, 15) is 13.2 Å². The van der Waals surface area contributed by atoms with Gasteiger partial charge in [-0.25, -0.2) is 0 Å². The van der Waals surface area contributed by atoms with Crippen LogP contribution >= 0.6 is 0 Å². The van der Waals surface area contributed by atoms with E-state index in [1.807, 2.05) is 6.92 Å². The fourth-order valence-corrected chi connectivity index (χ4v) is 2.92. The fourth-order valence-electron chi connectivity index (χ4n) is 2.46. The molecule has 7 nitrogen and oxygen atoms in total. The van der Waals surface area contributed by atoms with E-state index < -0.39 is 10.1 Å². The third-order valence-corrected chi connectivity index (χ3v) is 4.07. The van der Waals surface area contributed by atoms with Gasteiger partial charge in [0.1, 0.15) is 5.76 Å². The monoisotopic (exact) mass is 381 g/mol. The van der Waals surface area contributed by atoms with Crippen LogP contribution in [0, 0.1) is 0 Å².